The molecule has 0 aliphatic heterocycles. The second-order valence-corrected chi connectivity index (χ2v) is 5.27. The third-order valence-corrected chi connectivity index (χ3v) is 2.32. The van der Waals surface area contributed by atoms with Crippen LogP contribution in [0.5, 0.6) is 0 Å². The summed E-state index contributed by atoms with van der Waals surface area (Å²) in [6.45, 7) is 12.6. The molecular formula is C16H57N13OSb2Se8V2-8. The van der Waals surface area contributed by atoms with Gasteiger partial charge in [0.2, 0.25) is 0 Å². The van der Waals surface area contributed by atoms with Crippen molar-refractivity contribution in [2.45, 2.75) is 0 Å². The Balaban J connectivity index is -0.0000000101. The topological polar surface area (TPSA) is 328 Å². The van der Waals surface area contributed by atoms with E-state index in [0.717, 1.165) is 52.4 Å². The fourth-order valence-electron chi connectivity index (χ4n) is 1.03. The molecule has 0 spiro atoms. The first kappa shape index (κ1) is 118. The van der Waals surface area contributed by atoms with Gasteiger partial charge in [0.05, 0.1) is 13.1 Å². The standard InChI is InChI=1S/3C4H13N3.2C2H8N2.O.2Sb.8Se.2V/c3*5-1-3-7-4-2-6;2*3-1-2-4;;;;;;;;;;;;;/h3*7H,1-6H2;2*1-4H2;;;;;;;;;;;;;/q;;;;;-2;;;8*-2;2*+4/p+2. The summed E-state index contributed by atoms with van der Waals surface area (Å²) in [4.78, 5) is 0. The van der Waals surface area contributed by atoms with Gasteiger partial charge in [-0.1, -0.05) is 0 Å². The van der Waals surface area contributed by atoms with Gasteiger partial charge in [-0.25, -0.2) is 0 Å². The quantitative estimate of drug-likeness (QED) is 0.0573. The van der Waals surface area contributed by atoms with E-state index in [4.69, 9.17) is 45.9 Å². The van der Waals surface area contributed by atoms with E-state index in [1.165, 1.54) is 0 Å². The molecule has 0 saturated carbocycles. The van der Waals surface area contributed by atoms with Gasteiger partial charge in [-0.3, -0.25) is 0 Å². The molecule has 0 aliphatic rings. The van der Waals surface area contributed by atoms with Gasteiger partial charge in [0.25, 0.3) is 0 Å². The Hall–Kier alpha value is 6.40. The molecule has 0 saturated heterocycles. The number of nitrogens with one attached hydrogen (secondary N) is 3. The number of hydrogen-bond acceptors (Lipinski definition) is 11. The molecule has 0 bridgehead atoms. The molecule has 25 N–H and O–H groups in total. The third kappa shape index (κ3) is 230. The first-order valence-electron chi connectivity index (χ1n) is 10.4. The van der Waals surface area contributed by atoms with Crippen LogP contribution in [0.3, 0.4) is 0 Å². The van der Waals surface area contributed by atoms with E-state index in [-0.39, 0.29) is 228 Å². The molecule has 26 heteroatoms. The molecule has 0 unspecified atom stereocenters. The van der Waals surface area contributed by atoms with E-state index < -0.39 is 0 Å². The van der Waals surface area contributed by atoms with Crippen molar-refractivity contribution in [2.24, 2.45) is 45.9 Å². The number of nitrogens with two attached hydrogens (primary N) is 8. The third-order valence-electron chi connectivity index (χ3n) is 2.32. The molecule has 42 heavy (non-hydrogen) atoms. The minimum absolute atomic E-state index is 0. The zero-order valence-corrected chi connectivity index (χ0v) is 45.9. The second kappa shape index (κ2) is 158. The smallest absolute Gasteiger partial charge is 2.00 e. The Kier molecular flexibility index (Phi) is 443. The average Bonchev–Trinajstić information content (AvgIpc) is 2.76. The Morgan fingerprint density at radius 1 is 0.333 bits per heavy atom. The molecule has 0 amide bonds. The minimum atomic E-state index is 0. The summed E-state index contributed by atoms with van der Waals surface area (Å²) in [6, 6.07) is 0. The van der Waals surface area contributed by atoms with Gasteiger partial charge in [-0.15, -0.1) is 0 Å². The Morgan fingerprint density at radius 2 is 0.476 bits per heavy atom. The largest absolute Gasteiger partial charge is 4.00 e. The predicted molar refractivity (Wildman–Crippen MR) is 185 cm³/mol. The monoisotopic (exact) mass is 1430 g/mol. The van der Waals surface area contributed by atoms with Crippen LogP contribution in [0.15, 0.2) is 0 Å². The van der Waals surface area contributed by atoms with Crippen molar-refractivity contribution in [1.29, 1.82) is 0 Å². The van der Waals surface area contributed by atoms with Gasteiger partial charge in [0, 0.05) is 140 Å². The van der Waals surface area contributed by atoms with Crippen molar-refractivity contribution in [3.8, 4) is 0 Å². The van der Waals surface area contributed by atoms with Crippen molar-refractivity contribution in [2.75, 3.05) is 105 Å². The average molecular weight is 1420 g/mol. The maximum absolute atomic E-state index is 5.17. The summed E-state index contributed by atoms with van der Waals surface area (Å²) in [7, 11) is 0. The van der Waals surface area contributed by atoms with Crippen LogP contribution < -0.4 is 73.3 Å². The van der Waals surface area contributed by atoms with Crippen LogP contribution >= 0.6 is 0 Å². The van der Waals surface area contributed by atoms with Crippen LogP contribution in [0.4, 0.5) is 0 Å². The summed E-state index contributed by atoms with van der Waals surface area (Å²) < 4.78 is 0. The van der Waals surface area contributed by atoms with E-state index in [1.54, 1.807) is 0 Å². The summed E-state index contributed by atoms with van der Waals surface area (Å²) in [5.41, 5.74) is 47.6. The minimum Gasteiger partial charge on any atom is -2.00 e. The van der Waals surface area contributed by atoms with Gasteiger partial charge < -0.3 is 215 Å². The number of rotatable bonds is 14. The molecule has 0 atom stereocenters. The van der Waals surface area contributed by atoms with Crippen molar-refractivity contribution in [3.05, 3.63) is 0 Å². The summed E-state index contributed by atoms with van der Waals surface area (Å²) >= 11 is 0. The van der Waals surface area contributed by atoms with Gasteiger partial charge in [-0.05, 0) is 0 Å². The van der Waals surface area contributed by atoms with Gasteiger partial charge >= 0.3 is 37.1 Å². The van der Waals surface area contributed by atoms with Gasteiger partial charge in [0.1, 0.15) is 0 Å². The SMILES string of the molecule is NCCN.NCCN.NCCNCCN.NCCNCCN.[NH3+]CCNCC[NH3+].[O-2].[Sb].[Sb].[Se-2].[Se-2].[Se-2].[Se-2].[Se-2].[Se-2].[Se-2].[Se-2].[V+4].[V+4]. The molecule has 0 fully saturated rings. The van der Waals surface area contributed by atoms with Crippen molar-refractivity contribution in [1.82, 2.24) is 16.0 Å². The second-order valence-electron chi connectivity index (χ2n) is 5.27. The van der Waals surface area contributed by atoms with E-state index in [0.29, 0.717) is 52.4 Å². The molecule has 0 aromatic carbocycles. The molecule has 268 valence electrons. The Bertz CT molecular complexity index is 204. The van der Waals surface area contributed by atoms with Crippen molar-refractivity contribution < 1.29 is 54.1 Å². The first-order valence-corrected chi connectivity index (χ1v) is 10.4. The van der Waals surface area contributed by atoms with Gasteiger partial charge in [-0.2, -0.15) is 0 Å². The van der Waals surface area contributed by atoms with Crippen LogP contribution in [0.1, 0.15) is 0 Å². The maximum atomic E-state index is 5.17. The molecule has 0 aliphatic carbocycles. The molecule has 0 aromatic heterocycles. The fraction of sp³-hybridized carbons (Fsp3) is 1.00. The van der Waals surface area contributed by atoms with E-state index in [1.807, 2.05) is 0 Å². The summed E-state index contributed by atoms with van der Waals surface area (Å²) in [5, 5.41) is 9.23. The number of hydrogen-bond donors (Lipinski definition) is 13. The zero-order chi connectivity index (χ0) is 23.4. The predicted octanol–water partition coefficient (Wildman–Crippen LogP) is -12.1. The van der Waals surface area contributed by atoms with Crippen LogP contribution in [0.2, 0.25) is 0 Å². The Labute approximate surface area is 400 Å². The first-order chi connectivity index (χ1) is 14.1. The van der Waals surface area contributed by atoms with Crippen LogP contribution in [-0.4, -0.2) is 290 Å². The van der Waals surface area contributed by atoms with Crippen LogP contribution in [0, 0.1) is 0 Å². The fourth-order valence-corrected chi connectivity index (χ4v) is 1.03. The molecule has 8 radical (unpaired) electrons. The molecule has 0 heterocycles. The number of quaternary nitrogens is 2. The maximum Gasteiger partial charge on any atom is 4.00 e. The van der Waals surface area contributed by atoms with Gasteiger partial charge in [0.15, 0.2) is 0 Å². The summed E-state index contributed by atoms with van der Waals surface area (Å²) in [5.74, 6) is 0. The molecular weight excluding hydrogens is 1370 g/mol. The van der Waals surface area contributed by atoms with Crippen molar-refractivity contribution in [3.63, 3.8) is 0 Å². The van der Waals surface area contributed by atoms with Crippen molar-refractivity contribution >= 4 is 185 Å². The Morgan fingerprint density at radius 3 is 0.571 bits per heavy atom. The molecule has 0 aromatic rings. The molecule has 0 rings (SSSR count). The van der Waals surface area contributed by atoms with Crippen LogP contribution in [-0.2, 0) is 42.6 Å². The normalized spacial score (nSPS) is 6.14. The van der Waals surface area contributed by atoms with E-state index >= 15 is 0 Å². The van der Waals surface area contributed by atoms with Crippen LogP contribution in [0.25, 0.3) is 0 Å². The molecule has 14 nitrogen and oxygen atoms in total. The van der Waals surface area contributed by atoms with E-state index in [2.05, 4.69) is 27.4 Å². The summed E-state index contributed by atoms with van der Waals surface area (Å²) in [6.07, 6.45) is 0. The zero-order valence-electron chi connectivity index (χ0n) is 24.3. The van der Waals surface area contributed by atoms with E-state index in [9.17, 15) is 0 Å².